The van der Waals surface area contributed by atoms with Crippen LogP contribution in [0.25, 0.3) is 0 Å². The smallest absolute Gasteiger partial charge is 0.354 e. The van der Waals surface area contributed by atoms with Crippen LogP contribution in [0.4, 0.5) is 5.69 Å². The molecule has 1 aromatic rings. The summed E-state index contributed by atoms with van der Waals surface area (Å²) in [5.74, 6) is -1.96. The van der Waals surface area contributed by atoms with Crippen molar-refractivity contribution in [3.05, 3.63) is 46.3 Å². The number of methoxy groups -OCH3 is 2. The molecule has 7 nitrogen and oxygen atoms in total. The van der Waals surface area contributed by atoms with Crippen molar-refractivity contribution in [2.24, 2.45) is 0 Å². The molecule has 0 aliphatic heterocycles. The van der Waals surface area contributed by atoms with Crippen LogP contribution < -0.4 is 10.7 Å². The molecule has 7 heteroatoms. The van der Waals surface area contributed by atoms with Crippen LogP contribution in [0.5, 0.6) is 5.75 Å². The van der Waals surface area contributed by atoms with Crippen molar-refractivity contribution in [3.63, 3.8) is 0 Å². The number of hydrogen-bond acceptors (Lipinski definition) is 7. The van der Waals surface area contributed by atoms with Gasteiger partial charge in [0.05, 0.1) is 20.3 Å². The topological polar surface area (TPSA) is 102 Å². The van der Waals surface area contributed by atoms with Gasteiger partial charge in [-0.3, -0.25) is 4.79 Å². The molecule has 1 aromatic carbocycles. The van der Waals surface area contributed by atoms with Gasteiger partial charge >= 0.3 is 11.9 Å². The molecule has 0 atom stereocenters. The molecule has 0 aliphatic carbocycles. The normalized spacial score (nSPS) is 10.6. The van der Waals surface area contributed by atoms with E-state index >= 15 is 0 Å². The number of rotatable bonds is 4. The number of aromatic hydroxyl groups is 1. The Kier molecular flexibility index (Phi) is 5.28. The molecule has 0 amide bonds. The van der Waals surface area contributed by atoms with E-state index in [1.807, 2.05) is 0 Å². The quantitative estimate of drug-likeness (QED) is 0.607. The van der Waals surface area contributed by atoms with E-state index in [0.29, 0.717) is 5.69 Å². The summed E-state index contributed by atoms with van der Waals surface area (Å²) in [6.45, 7) is 0. The second kappa shape index (κ2) is 6.93. The van der Waals surface area contributed by atoms with Crippen LogP contribution in [0.3, 0.4) is 0 Å². The molecule has 0 heterocycles. The van der Waals surface area contributed by atoms with Crippen molar-refractivity contribution >= 4 is 17.6 Å². The van der Waals surface area contributed by atoms with E-state index in [9.17, 15) is 19.5 Å². The van der Waals surface area contributed by atoms with Gasteiger partial charge in [0.15, 0.2) is 5.75 Å². The van der Waals surface area contributed by atoms with Crippen LogP contribution >= 0.6 is 0 Å². The number of nitrogens with one attached hydrogen (secondary N) is 1. The van der Waals surface area contributed by atoms with Gasteiger partial charge in [0.2, 0.25) is 5.43 Å². The summed E-state index contributed by atoms with van der Waals surface area (Å²) in [5.41, 5.74) is -0.435. The summed E-state index contributed by atoms with van der Waals surface area (Å²) >= 11 is 0. The van der Waals surface area contributed by atoms with Crippen molar-refractivity contribution in [2.75, 3.05) is 19.5 Å². The van der Waals surface area contributed by atoms with E-state index in [1.54, 1.807) is 0 Å². The van der Waals surface area contributed by atoms with Crippen LogP contribution in [0.15, 0.2) is 40.8 Å². The Bertz CT molecular complexity index is 608. The molecule has 0 saturated carbocycles. The van der Waals surface area contributed by atoms with Crippen LogP contribution in [0.1, 0.15) is 0 Å². The SMILES string of the molecule is COC(=O)C=C(Nc1ccc(O)c(=O)cc1)C(=O)OC. The summed E-state index contributed by atoms with van der Waals surface area (Å²) in [4.78, 5) is 33.9. The minimum Gasteiger partial charge on any atom is -0.504 e. The molecule has 0 bridgehead atoms. The van der Waals surface area contributed by atoms with Gasteiger partial charge < -0.3 is 19.9 Å². The van der Waals surface area contributed by atoms with E-state index in [0.717, 1.165) is 32.4 Å². The zero-order valence-electron chi connectivity index (χ0n) is 10.9. The number of carbonyl (C=O) groups is 2. The lowest BCUT2D eigenvalue weighted by atomic mass is 10.3. The highest BCUT2D eigenvalue weighted by Gasteiger charge is 2.12. The van der Waals surface area contributed by atoms with Crippen LogP contribution in [0, 0.1) is 0 Å². The summed E-state index contributed by atoms with van der Waals surface area (Å²) in [6.07, 6.45) is 0.913. The van der Waals surface area contributed by atoms with Crippen LogP contribution in [0.2, 0.25) is 0 Å². The lowest BCUT2D eigenvalue weighted by Gasteiger charge is -2.07. The number of carbonyl (C=O) groups excluding carboxylic acids is 2. The average Bonchev–Trinajstić information content (AvgIpc) is 2.61. The van der Waals surface area contributed by atoms with E-state index in [-0.39, 0.29) is 5.70 Å². The van der Waals surface area contributed by atoms with Gasteiger partial charge in [0.25, 0.3) is 0 Å². The molecular formula is C13H13NO6. The fourth-order valence-corrected chi connectivity index (χ4v) is 1.23. The molecular weight excluding hydrogens is 266 g/mol. The van der Waals surface area contributed by atoms with Crippen molar-refractivity contribution in [1.82, 2.24) is 0 Å². The minimum absolute atomic E-state index is 0.169. The van der Waals surface area contributed by atoms with Crippen LogP contribution in [-0.2, 0) is 19.1 Å². The maximum Gasteiger partial charge on any atom is 0.354 e. The second-order valence-electron chi connectivity index (χ2n) is 3.57. The zero-order valence-corrected chi connectivity index (χ0v) is 10.9. The maximum absolute atomic E-state index is 11.5. The van der Waals surface area contributed by atoms with Gasteiger partial charge in [0.1, 0.15) is 5.70 Å². The molecule has 0 saturated heterocycles. The lowest BCUT2D eigenvalue weighted by molar-refractivity contribution is -0.138. The highest BCUT2D eigenvalue weighted by Crippen LogP contribution is 2.11. The van der Waals surface area contributed by atoms with Crippen molar-refractivity contribution in [3.8, 4) is 5.75 Å². The van der Waals surface area contributed by atoms with Gasteiger partial charge in [-0.2, -0.15) is 0 Å². The third kappa shape index (κ3) is 4.13. The van der Waals surface area contributed by atoms with Crippen LogP contribution in [-0.4, -0.2) is 31.3 Å². The van der Waals surface area contributed by atoms with E-state index in [2.05, 4.69) is 14.8 Å². The molecule has 2 N–H and O–H groups in total. The monoisotopic (exact) mass is 279 g/mol. The number of ether oxygens (including phenoxy) is 2. The third-order valence-corrected chi connectivity index (χ3v) is 2.24. The Hall–Kier alpha value is -2.83. The van der Waals surface area contributed by atoms with E-state index < -0.39 is 23.1 Å². The molecule has 106 valence electrons. The standard InChI is InChI=1S/C13H13NO6/c1-19-12(17)7-9(13(18)20-2)14-8-3-5-10(15)11(16)6-4-8/h3-7,14H,1-2H3,(H,15,16). The van der Waals surface area contributed by atoms with Gasteiger partial charge in [0, 0.05) is 5.69 Å². The Morgan fingerprint density at radius 1 is 1.15 bits per heavy atom. The van der Waals surface area contributed by atoms with Crippen molar-refractivity contribution in [2.45, 2.75) is 0 Å². The molecule has 0 aliphatic rings. The first kappa shape index (κ1) is 15.2. The summed E-state index contributed by atoms with van der Waals surface area (Å²) < 4.78 is 8.93. The molecule has 1 rings (SSSR count). The summed E-state index contributed by atoms with van der Waals surface area (Å²) in [7, 11) is 2.32. The molecule has 20 heavy (non-hydrogen) atoms. The Morgan fingerprint density at radius 2 is 1.80 bits per heavy atom. The largest absolute Gasteiger partial charge is 0.504 e. The number of esters is 2. The van der Waals surface area contributed by atoms with Gasteiger partial charge in [-0.05, 0) is 24.3 Å². The molecule has 0 radical (unpaired) electrons. The fourth-order valence-electron chi connectivity index (χ4n) is 1.23. The second-order valence-corrected chi connectivity index (χ2v) is 3.57. The van der Waals surface area contributed by atoms with Gasteiger partial charge in [-0.1, -0.05) is 0 Å². The predicted molar refractivity (Wildman–Crippen MR) is 70.1 cm³/mol. The molecule has 0 unspecified atom stereocenters. The Balaban J connectivity index is 3.11. The summed E-state index contributed by atoms with van der Waals surface area (Å²) in [6, 6.07) is 4.99. The number of anilines is 1. The Labute approximate surface area is 114 Å². The minimum atomic E-state index is -0.784. The highest BCUT2D eigenvalue weighted by molar-refractivity contribution is 5.98. The van der Waals surface area contributed by atoms with Crippen molar-refractivity contribution in [1.29, 1.82) is 0 Å². The first-order valence-corrected chi connectivity index (χ1v) is 5.46. The highest BCUT2D eigenvalue weighted by atomic mass is 16.5. The molecule has 0 spiro atoms. The Morgan fingerprint density at radius 3 is 2.40 bits per heavy atom. The third-order valence-electron chi connectivity index (χ3n) is 2.24. The maximum atomic E-state index is 11.5. The predicted octanol–water partition coefficient (Wildman–Crippen LogP) is 0.394. The molecule has 0 fully saturated rings. The lowest BCUT2D eigenvalue weighted by Crippen LogP contribution is -2.15. The van der Waals surface area contributed by atoms with E-state index in [1.165, 1.54) is 12.1 Å². The van der Waals surface area contributed by atoms with Crippen molar-refractivity contribution < 1.29 is 24.2 Å². The fraction of sp³-hybridized carbons (Fsp3) is 0.154. The first-order chi connectivity index (χ1) is 9.47. The summed E-state index contributed by atoms with van der Waals surface area (Å²) in [5, 5.41) is 11.9. The average molecular weight is 279 g/mol. The van der Waals surface area contributed by atoms with E-state index in [4.69, 9.17) is 0 Å². The van der Waals surface area contributed by atoms with Gasteiger partial charge in [-0.15, -0.1) is 0 Å². The van der Waals surface area contributed by atoms with Gasteiger partial charge in [-0.25, -0.2) is 9.59 Å². The number of hydrogen-bond donors (Lipinski definition) is 2. The molecule has 0 aromatic heterocycles. The zero-order chi connectivity index (χ0) is 15.1. The first-order valence-electron chi connectivity index (χ1n) is 5.46.